The first-order chi connectivity index (χ1) is 16.1. The number of rotatable bonds is 6. The lowest BCUT2D eigenvalue weighted by Gasteiger charge is -2.17. The van der Waals surface area contributed by atoms with Crippen molar-refractivity contribution >= 4 is 27.3 Å². The number of benzene rings is 1. The van der Waals surface area contributed by atoms with Crippen molar-refractivity contribution in [2.24, 2.45) is 0 Å². The molecular weight excluding hydrogens is 479 g/mol. The van der Waals surface area contributed by atoms with Crippen LogP contribution in [0, 0.1) is 5.82 Å². The van der Waals surface area contributed by atoms with Crippen molar-refractivity contribution in [3.05, 3.63) is 57.1 Å². The monoisotopic (exact) mass is 500 g/mol. The molecule has 5 nitrogen and oxygen atoms in total. The third-order valence-corrected chi connectivity index (χ3v) is 6.76. The van der Waals surface area contributed by atoms with Gasteiger partial charge >= 0.3 is 6.18 Å². The van der Waals surface area contributed by atoms with Crippen molar-refractivity contribution in [3.8, 4) is 11.1 Å². The summed E-state index contributed by atoms with van der Waals surface area (Å²) in [5.41, 5.74) is -1.18. The highest BCUT2D eigenvalue weighted by atomic mass is 32.1. The molecule has 4 rings (SSSR count). The smallest absolute Gasteiger partial charge is 0.377 e. The molecule has 0 bridgehead atoms. The van der Waals surface area contributed by atoms with E-state index in [1.54, 1.807) is 6.92 Å². The van der Waals surface area contributed by atoms with Crippen LogP contribution >= 0.6 is 11.3 Å². The van der Waals surface area contributed by atoms with Gasteiger partial charge in [0.15, 0.2) is 0 Å². The average molecular weight is 500 g/mol. The van der Waals surface area contributed by atoms with Gasteiger partial charge in [-0.15, -0.1) is 11.3 Å². The van der Waals surface area contributed by atoms with Crippen molar-refractivity contribution in [2.45, 2.75) is 38.8 Å². The molecule has 1 fully saturated rings. The molecule has 3 heterocycles. The number of carbonyl (C=O) groups excluding carboxylic acids is 1. The van der Waals surface area contributed by atoms with Crippen LogP contribution in [-0.2, 0) is 28.9 Å². The maximum absolute atomic E-state index is 13.8. The molecule has 11 heteroatoms. The summed E-state index contributed by atoms with van der Waals surface area (Å²) in [6.07, 6.45) is -4.28. The van der Waals surface area contributed by atoms with Crippen LogP contribution in [0.25, 0.3) is 21.2 Å². The van der Waals surface area contributed by atoms with E-state index in [0.717, 1.165) is 11.3 Å². The number of aromatic nitrogens is 1. The second-order valence-corrected chi connectivity index (χ2v) is 8.88. The van der Waals surface area contributed by atoms with Crippen molar-refractivity contribution in [1.82, 2.24) is 9.47 Å². The zero-order valence-corrected chi connectivity index (χ0v) is 18.9. The predicted octanol–water partition coefficient (Wildman–Crippen LogP) is 4.99. The summed E-state index contributed by atoms with van der Waals surface area (Å²) >= 11 is 1.16. The number of alkyl halides is 4. The number of hydrogen-bond acceptors (Lipinski definition) is 4. The van der Waals surface area contributed by atoms with Crippen LogP contribution in [0.5, 0.6) is 0 Å². The molecule has 0 aliphatic carbocycles. The van der Waals surface area contributed by atoms with Gasteiger partial charge in [0, 0.05) is 40.6 Å². The molecule has 0 saturated carbocycles. The van der Waals surface area contributed by atoms with E-state index in [2.05, 4.69) is 0 Å². The van der Waals surface area contributed by atoms with Crippen LogP contribution in [-0.4, -0.2) is 41.2 Å². The third kappa shape index (κ3) is 4.72. The maximum Gasteiger partial charge on any atom is 0.419 e. The normalized spacial score (nSPS) is 16.5. The van der Waals surface area contributed by atoms with Crippen molar-refractivity contribution in [2.75, 3.05) is 19.7 Å². The number of amides is 1. The number of pyridine rings is 1. The van der Waals surface area contributed by atoms with Crippen molar-refractivity contribution in [1.29, 1.82) is 0 Å². The van der Waals surface area contributed by atoms with Crippen LogP contribution in [0.1, 0.15) is 24.5 Å². The number of halogens is 5. The minimum atomic E-state index is -4.90. The fourth-order valence-electron chi connectivity index (χ4n) is 4.00. The van der Waals surface area contributed by atoms with Gasteiger partial charge in [-0.2, -0.15) is 13.2 Å². The molecule has 1 saturated heterocycles. The molecule has 0 spiro atoms. The summed E-state index contributed by atoms with van der Waals surface area (Å²) in [6, 6.07) is 2.57. The first-order valence-electron chi connectivity index (χ1n) is 10.6. The summed E-state index contributed by atoms with van der Waals surface area (Å²) in [5.74, 6) is -1.84. The van der Waals surface area contributed by atoms with E-state index in [1.807, 2.05) is 0 Å². The lowest BCUT2D eigenvalue weighted by atomic mass is 10.0. The largest absolute Gasteiger partial charge is 0.419 e. The number of fused-ring (bicyclic) bond motifs is 1. The standard InChI is InChI=1S/C23H21F5N2O3S/c1-2-33-11-14-8-30(10-19(31)29-6-5-15(24)9-29)22(32)20-16(12-34-21(14)20)13-3-4-18(25)17(7-13)23(26,27)28/h3-4,7-8,12,15H,2,5-6,9-11H2,1H3. The Morgan fingerprint density at radius 3 is 2.71 bits per heavy atom. The zero-order chi connectivity index (χ0) is 24.6. The van der Waals surface area contributed by atoms with Gasteiger partial charge in [0.2, 0.25) is 5.91 Å². The summed E-state index contributed by atoms with van der Waals surface area (Å²) in [4.78, 5) is 27.4. The van der Waals surface area contributed by atoms with E-state index in [-0.39, 0.29) is 49.2 Å². The number of thiophene rings is 1. The molecule has 34 heavy (non-hydrogen) atoms. The highest BCUT2D eigenvalue weighted by Crippen LogP contribution is 2.38. The van der Waals surface area contributed by atoms with Crippen LogP contribution in [0.4, 0.5) is 22.0 Å². The summed E-state index contributed by atoms with van der Waals surface area (Å²) in [7, 11) is 0. The number of nitrogens with zero attached hydrogens (tertiary/aromatic N) is 2. The lowest BCUT2D eigenvalue weighted by molar-refractivity contribution is -0.140. The molecule has 1 aliphatic heterocycles. The summed E-state index contributed by atoms with van der Waals surface area (Å²) < 4.78 is 74.3. The Kier molecular flexibility index (Phi) is 6.77. The maximum atomic E-state index is 13.8. The Labute approximate surface area is 195 Å². The number of carbonyl (C=O) groups is 1. The first kappa shape index (κ1) is 24.3. The molecule has 1 aromatic carbocycles. The average Bonchev–Trinajstić information content (AvgIpc) is 3.41. The van der Waals surface area contributed by atoms with Gasteiger partial charge in [0.25, 0.3) is 5.56 Å². The van der Waals surface area contributed by atoms with Gasteiger partial charge < -0.3 is 14.2 Å². The Balaban J connectivity index is 1.83. The molecule has 2 aromatic heterocycles. The number of likely N-dealkylation sites (tertiary alicyclic amines) is 1. The van der Waals surface area contributed by atoms with Gasteiger partial charge in [-0.3, -0.25) is 9.59 Å². The molecule has 3 aromatic rings. The molecule has 0 N–H and O–H groups in total. The van der Waals surface area contributed by atoms with E-state index in [4.69, 9.17) is 4.74 Å². The fourth-order valence-corrected chi connectivity index (χ4v) is 5.07. The fraction of sp³-hybridized carbons (Fsp3) is 0.391. The topological polar surface area (TPSA) is 51.5 Å². The van der Waals surface area contributed by atoms with Gasteiger partial charge in [0.05, 0.1) is 24.1 Å². The second-order valence-electron chi connectivity index (χ2n) is 8.00. The number of ether oxygens (including phenoxy) is 1. The quantitative estimate of drug-likeness (QED) is 0.448. The van der Waals surface area contributed by atoms with Gasteiger partial charge in [-0.05, 0) is 31.0 Å². The van der Waals surface area contributed by atoms with Crippen LogP contribution in [0.15, 0.2) is 34.6 Å². The molecule has 1 atom stereocenters. The molecule has 182 valence electrons. The third-order valence-electron chi connectivity index (χ3n) is 5.70. The Hall–Kier alpha value is -2.79. The molecule has 1 aliphatic rings. The first-order valence-corrected chi connectivity index (χ1v) is 11.5. The summed E-state index contributed by atoms with van der Waals surface area (Å²) in [5, 5.41) is 1.66. The Bertz CT molecular complexity index is 1280. The van der Waals surface area contributed by atoms with Crippen LogP contribution in [0.3, 0.4) is 0 Å². The van der Waals surface area contributed by atoms with Crippen LogP contribution < -0.4 is 5.56 Å². The molecule has 1 unspecified atom stereocenters. The van der Waals surface area contributed by atoms with E-state index in [9.17, 15) is 31.5 Å². The highest BCUT2D eigenvalue weighted by Gasteiger charge is 2.34. The Morgan fingerprint density at radius 1 is 1.29 bits per heavy atom. The van der Waals surface area contributed by atoms with Gasteiger partial charge in [0.1, 0.15) is 18.5 Å². The summed E-state index contributed by atoms with van der Waals surface area (Å²) in [6.45, 7) is 2.16. The van der Waals surface area contributed by atoms with Crippen molar-refractivity contribution < 1.29 is 31.5 Å². The minimum absolute atomic E-state index is 0.0309. The zero-order valence-electron chi connectivity index (χ0n) is 18.1. The lowest BCUT2D eigenvalue weighted by Crippen LogP contribution is -2.35. The van der Waals surface area contributed by atoms with E-state index < -0.39 is 35.2 Å². The second kappa shape index (κ2) is 9.46. The minimum Gasteiger partial charge on any atom is -0.377 e. The van der Waals surface area contributed by atoms with Crippen LogP contribution in [0.2, 0.25) is 0 Å². The van der Waals surface area contributed by atoms with E-state index >= 15 is 0 Å². The predicted molar refractivity (Wildman–Crippen MR) is 118 cm³/mol. The SMILES string of the molecule is CCOCc1cn(CC(=O)N2CCC(F)C2)c(=O)c2c(-c3ccc(F)c(C(F)(F)F)c3)csc12. The van der Waals surface area contributed by atoms with Crippen molar-refractivity contribution in [3.63, 3.8) is 0 Å². The van der Waals surface area contributed by atoms with E-state index in [1.165, 1.54) is 27.1 Å². The highest BCUT2D eigenvalue weighted by molar-refractivity contribution is 7.18. The van der Waals surface area contributed by atoms with E-state index in [0.29, 0.717) is 29.0 Å². The Morgan fingerprint density at radius 2 is 2.06 bits per heavy atom. The molecule has 1 amide bonds. The number of hydrogen-bond donors (Lipinski definition) is 0. The molecular formula is C23H21F5N2O3S. The van der Waals surface area contributed by atoms with Gasteiger partial charge in [-0.25, -0.2) is 8.78 Å². The molecule has 0 radical (unpaired) electrons. The van der Waals surface area contributed by atoms with Gasteiger partial charge in [-0.1, -0.05) is 6.07 Å².